The largest absolute Gasteiger partial charge is 0.327 e. The first-order valence-corrected chi connectivity index (χ1v) is 8.55. The van der Waals surface area contributed by atoms with Crippen LogP contribution in [0.3, 0.4) is 0 Å². The van der Waals surface area contributed by atoms with Gasteiger partial charge >= 0.3 is 0 Å². The fourth-order valence-corrected chi connectivity index (χ4v) is 5.12. The van der Waals surface area contributed by atoms with E-state index in [1.165, 1.54) is 28.6 Å². The summed E-state index contributed by atoms with van der Waals surface area (Å²) in [6.07, 6.45) is 4.96. The molecular weight excluding hydrogens is 306 g/mol. The molecule has 1 aromatic heterocycles. The lowest BCUT2D eigenvalue weighted by atomic mass is 9.65. The van der Waals surface area contributed by atoms with E-state index in [1.54, 1.807) is 0 Å². The summed E-state index contributed by atoms with van der Waals surface area (Å²) in [5.41, 5.74) is 6.71. The van der Waals surface area contributed by atoms with Crippen molar-refractivity contribution in [2.45, 2.75) is 52.5 Å². The predicted octanol–water partition coefficient (Wildman–Crippen LogP) is 4.84. The Bertz CT molecular complexity index is 399. The Morgan fingerprint density at radius 1 is 1.44 bits per heavy atom. The van der Waals surface area contributed by atoms with Crippen LogP contribution in [0.5, 0.6) is 0 Å². The molecule has 0 saturated heterocycles. The molecule has 0 spiro atoms. The summed E-state index contributed by atoms with van der Waals surface area (Å²) in [7, 11) is 0. The Balaban J connectivity index is 2.08. The van der Waals surface area contributed by atoms with Gasteiger partial charge in [0.1, 0.15) is 0 Å². The van der Waals surface area contributed by atoms with Crippen LogP contribution in [0.15, 0.2) is 15.9 Å². The highest BCUT2D eigenvalue weighted by molar-refractivity contribution is 9.10. The molecule has 0 aromatic carbocycles. The molecule has 102 valence electrons. The third-order valence-electron chi connectivity index (χ3n) is 4.47. The molecule has 1 saturated carbocycles. The van der Waals surface area contributed by atoms with Crippen molar-refractivity contribution in [1.82, 2.24) is 0 Å². The first-order chi connectivity index (χ1) is 8.40. The topological polar surface area (TPSA) is 26.0 Å². The highest BCUT2D eigenvalue weighted by Crippen LogP contribution is 2.43. The molecule has 1 heterocycles. The number of hydrogen-bond acceptors (Lipinski definition) is 2. The van der Waals surface area contributed by atoms with Crippen molar-refractivity contribution >= 4 is 27.3 Å². The van der Waals surface area contributed by atoms with E-state index in [1.807, 2.05) is 11.3 Å². The average Bonchev–Trinajstić information content (AvgIpc) is 2.63. The van der Waals surface area contributed by atoms with Crippen molar-refractivity contribution in [3.05, 3.63) is 20.8 Å². The van der Waals surface area contributed by atoms with Gasteiger partial charge in [-0.25, -0.2) is 0 Å². The minimum atomic E-state index is 0.299. The SMILES string of the molecule is CC1CCC(C(C)(C)Cc2sccc2Br)C(N)C1. The molecule has 1 aromatic rings. The number of halogens is 1. The quantitative estimate of drug-likeness (QED) is 0.843. The Morgan fingerprint density at radius 2 is 2.17 bits per heavy atom. The molecule has 3 unspecified atom stereocenters. The fourth-order valence-electron chi connectivity index (χ4n) is 3.39. The summed E-state index contributed by atoms with van der Waals surface area (Å²) in [5, 5.41) is 2.17. The lowest BCUT2D eigenvalue weighted by Crippen LogP contribution is -2.44. The number of thiophene rings is 1. The molecule has 0 amide bonds. The minimum Gasteiger partial charge on any atom is -0.327 e. The van der Waals surface area contributed by atoms with Crippen molar-refractivity contribution in [2.75, 3.05) is 0 Å². The highest BCUT2D eigenvalue weighted by Gasteiger charge is 2.37. The molecule has 1 aliphatic rings. The van der Waals surface area contributed by atoms with E-state index in [2.05, 4.69) is 48.1 Å². The molecular formula is C15H24BrNS. The Morgan fingerprint density at radius 3 is 2.72 bits per heavy atom. The standard InChI is InChI=1S/C15H24BrNS/c1-10-4-5-11(13(17)8-10)15(2,3)9-14-12(16)6-7-18-14/h6-7,10-11,13H,4-5,8-9,17H2,1-3H3. The molecule has 0 aliphatic heterocycles. The van der Waals surface area contributed by atoms with Gasteiger partial charge in [0.15, 0.2) is 0 Å². The molecule has 1 fully saturated rings. The van der Waals surface area contributed by atoms with Crippen molar-refractivity contribution in [2.24, 2.45) is 23.0 Å². The molecule has 1 aliphatic carbocycles. The Kier molecular flexibility index (Phi) is 4.56. The lowest BCUT2D eigenvalue weighted by Gasteiger charge is -2.42. The van der Waals surface area contributed by atoms with Crippen LogP contribution in [0.25, 0.3) is 0 Å². The van der Waals surface area contributed by atoms with Gasteiger partial charge in [-0.15, -0.1) is 11.3 Å². The van der Waals surface area contributed by atoms with E-state index in [-0.39, 0.29) is 0 Å². The van der Waals surface area contributed by atoms with Crippen LogP contribution in [0, 0.1) is 17.3 Å². The van der Waals surface area contributed by atoms with Crippen molar-refractivity contribution in [3.8, 4) is 0 Å². The normalized spacial score (nSPS) is 29.5. The summed E-state index contributed by atoms with van der Waals surface area (Å²) in [4.78, 5) is 1.46. The predicted molar refractivity (Wildman–Crippen MR) is 84.0 cm³/mol. The van der Waals surface area contributed by atoms with Crippen molar-refractivity contribution in [3.63, 3.8) is 0 Å². The molecule has 18 heavy (non-hydrogen) atoms. The maximum absolute atomic E-state index is 6.41. The van der Waals surface area contributed by atoms with Gasteiger partial charge in [-0.3, -0.25) is 0 Å². The molecule has 2 rings (SSSR count). The molecule has 3 heteroatoms. The summed E-state index contributed by atoms with van der Waals surface area (Å²) >= 11 is 5.50. The maximum Gasteiger partial charge on any atom is 0.0314 e. The second-order valence-electron chi connectivity index (χ2n) is 6.55. The van der Waals surface area contributed by atoms with Crippen molar-refractivity contribution < 1.29 is 0 Å². The van der Waals surface area contributed by atoms with Crippen LogP contribution >= 0.6 is 27.3 Å². The second-order valence-corrected chi connectivity index (χ2v) is 8.40. The number of nitrogens with two attached hydrogens (primary N) is 1. The Hall–Kier alpha value is 0.140. The molecule has 3 atom stereocenters. The van der Waals surface area contributed by atoms with Crippen LogP contribution in [0.2, 0.25) is 0 Å². The van der Waals surface area contributed by atoms with Gasteiger partial charge in [0.05, 0.1) is 0 Å². The van der Waals surface area contributed by atoms with Crippen LogP contribution in [0.1, 0.15) is 44.9 Å². The lowest BCUT2D eigenvalue weighted by molar-refractivity contribution is 0.114. The van der Waals surface area contributed by atoms with Crippen molar-refractivity contribution in [1.29, 1.82) is 0 Å². The first-order valence-electron chi connectivity index (χ1n) is 6.87. The highest BCUT2D eigenvalue weighted by atomic mass is 79.9. The number of rotatable bonds is 3. The van der Waals surface area contributed by atoms with E-state index in [4.69, 9.17) is 5.73 Å². The molecule has 2 N–H and O–H groups in total. The first kappa shape index (κ1) is 14.5. The molecule has 1 nitrogen and oxygen atoms in total. The van der Waals surface area contributed by atoms with E-state index in [0.717, 1.165) is 12.3 Å². The van der Waals surface area contributed by atoms with E-state index < -0.39 is 0 Å². The average molecular weight is 330 g/mol. The zero-order valence-electron chi connectivity index (χ0n) is 11.6. The van der Waals surface area contributed by atoms with E-state index in [0.29, 0.717) is 17.4 Å². The summed E-state index contributed by atoms with van der Waals surface area (Å²) < 4.78 is 1.26. The maximum atomic E-state index is 6.41. The summed E-state index contributed by atoms with van der Waals surface area (Å²) in [5.74, 6) is 1.46. The molecule has 0 radical (unpaired) electrons. The Labute approximate surface area is 123 Å². The number of hydrogen-bond donors (Lipinski definition) is 1. The fraction of sp³-hybridized carbons (Fsp3) is 0.733. The van der Waals surface area contributed by atoms with Gasteiger partial charge in [-0.05, 0) is 63.9 Å². The third kappa shape index (κ3) is 3.17. The zero-order valence-corrected chi connectivity index (χ0v) is 14.0. The van der Waals surface area contributed by atoms with Gasteiger partial charge in [0.2, 0.25) is 0 Å². The van der Waals surface area contributed by atoms with Gasteiger partial charge in [-0.1, -0.05) is 27.2 Å². The van der Waals surface area contributed by atoms with Gasteiger partial charge < -0.3 is 5.73 Å². The van der Waals surface area contributed by atoms with Crippen LogP contribution in [-0.2, 0) is 6.42 Å². The van der Waals surface area contributed by atoms with E-state index >= 15 is 0 Å². The van der Waals surface area contributed by atoms with Crippen LogP contribution < -0.4 is 5.73 Å². The third-order valence-corrected chi connectivity index (χ3v) is 6.40. The van der Waals surface area contributed by atoms with Crippen LogP contribution in [-0.4, -0.2) is 6.04 Å². The second kappa shape index (κ2) is 5.64. The molecule has 0 bridgehead atoms. The summed E-state index contributed by atoms with van der Waals surface area (Å²) in [6, 6.07) is 2.53. The monoisotopic (exact) mass is 329 g/mol. The van der Waals surface area contributed by atoms with Gasteiger partial charge in [-0.2, -0.15) is 0 Å². The van der Waals surface area contributed by atoms with Gasteiger partial charge in [0.25, 0.3) is 0 Å². The van der Waals surface area contributed by atoms with Crippen LogP contribution in [0.4, 0.5) is 0 Å². The van der Waals surface area contributed by atoms with E-state index in [9.17, 15) is 0 Å². The minimum absolute atomic E-state index is 0.299. The van der Waals surface area contributed by atoms with Gasteiger partial charge in [0, 0.05) is 15.4 Å². The summed E-state index contributed by atoms with van der Waals surface area (Å²) in [6.45, 7) is 7.11. The zero-order chi connectivity index (χ0) is 13.3. The smallest absolute Gasteiger partial charge is 0.0314 e.